The fourth-order valence-electron chi connectivity index (χ4n) is 3.16. The topological polar surface area (TPSA) is 23.6 Å². The smallest absolute Gasteiger partial charge is 0.319 e. The van der Waals surface area contributed by atoms with Crippen molar-refractivity contribution in [2.45, 2.75) is 105 Å². The van der Waals surface area contributed by atoms with E-state index in [0.29, 0.717) is 0 Å². The van der Waals surface area contributed by atoms with Crippen LogP contribution >= 0.6 is 9.90 Å². The Kier molecular flexibility index (Phi) is 28.8. The predicted molar refractivity (Wildman–Crippen MR) is 120 cm³/mol. The summed E-state index contributed by atoms with van der Waals surface area (Å²) in [6.45, 7) is 12.5. The maximum atomic E-state index is 12.9. The monoisotopic (exact) mass is 615 g/mol. The number of amides is 2. The van der Waals surface area contributed by atoms with Gasteiger partial charge in [-0.25, -0.2) is 4.79 Å². The van der Waals surface area contributed by atoms with Gasteiger partial charge in [0.2, 0.25) is 0 Å². The van der Waals surface area contributed by atoms with Gasteiger partial charge in [0, 0.05) is 58.7 Å². The standard InChI is InChI=1S/C21H44N2O.H3P.U.H2/c1-5-9-11-13-15-19-22(17-7-3)21(24)23(18-8-4)20-16-14-12-10-6-2;;;/h5-20H2,1-4H3;1H3;;1H/i;;;1+1. The zero-order valence-corrected chi connectivity index (χ0v) is 23.9. The van der Waals surface area contributed by atoms with E-state index in [1.54, 1.807) is 0 Å². The van der Waals surface area contributed by atoms with Gasteiger partial charge in [0.25, 0.3) is 0 Å². The normalized spacial score (nSPS) is 10.0. The molecular formula is C21H49N2OPU. The van der Waals surface area contributed by atoms with E-state index in [4.69, 9.17) is 0 Å². The van der Waals surface area contributed by atoms with Crippen molar-refractivity contribution in [3.05, 3.63) is 0 Å². The summed E-state index contributed by atoms with van der Waals surface area (Å²) >= 11 is 0. The average molecular weight is 616 g/mol. The second-order valence-corrected chi connectivity index (χ2v) is 7.09. The molecule has 0 N–H and O–H groups in total. The summed E-state index contributed by atoms with van der Waals surface area (Å²) in [5.74, 6) is 0. The SMILES string of the molecule is CCCCCCCN(CCC)C(=O)N(CCC)CCCCCCC.P.[2HH].[U]. The zero-order chi connectivity index (χ0) is 18.0. The summed E-state index contributed by atoms with van der Waals surface area (Å²) in [5.41, 5.74) is 0. The first-order chi connectivity index (χ1) is 11.7. The molecule has 0 aromatic rings. The minimum absolute atomic E-state index is 0. The summed E-state index contributed by atoms with van der Waals surface area (Å²) in [5, 5.41) is 0. The van der Waals surface area contributed by atoms with Crippen LogP contribution in [0.1, 0.15) is 106 Å². The third kappa shape index (κ3) is 16.9. The Morgan fingerprint density at radius 3 is 1.23 bits per heavy atom. The van der Waals surface area contributed by atoms with Crippen LogP contribution in [-0.4, -0.2) is 42.0 Å². The van der Waals surface area contributed by atoms with Gasteiger partial charge in [-0.3, -0.25) is 0 Å². The number of carbonyl (C=O) groups is 1. The van der Waals surface area contributed by atoms with Crippen LogP contribution in [0.4, 0.5) is 4.79 Å². The molecule has 0 aliphatic carbocycles. The molecule has 0 radical (unpaired) electrons. The molecule has 0 aliphatic heterocycles. The molecule has 3 nitrogen and oxygen atoms in total. The van der Waals surface area contributed by atoms with E-state index in [1.165, 1.54) is 51.4 Å². The molecule has 0 aliphatic rings. The van der Waals surface area contributed by atoms with E-state index in [2.05, 4.69) is 37.5 Å². The average Bonchev–Trinajstić information content (AvgIpc) is 2.59. The van der Waals surface area contributed by atoms with Gasteiger partial charge in [-0.15, -0.1) is 0 Å². The molecule has 0 saturated carbocycles. The Morgan fingerprint density at radius 1 is 0.577 bits per heavy atom. The largest absolute Gasteiger partial charge is 0.325 e. The number of hydrogen-bond acceptors (Lipinski definition) is 1. The van der Waals surface area contributed by atoms with Crippen LogP contribution in [0.2, 0.25) is 0 Å². The number of urea groups is 1. The molecule has 26 heavy (non-hydrogen) atoms. The number of nitrogens with zero attached hydrogens (tertiary/aromatic N) is 2. The second-order valence-electron chi connectivity index (χ2n) is 7.09. The van der Waals surface area contributed by atoms with Crippen LogP contribution in [0.3, 0.4) is 0 Å². The molecule has 0 rings (SSSR count). The third-order valence-electron chi connectivity index (χ3n) is 4.59. The summed E-state index contributed by atoms with van der Waals surface area (Å²) in [6.07, 6.45) is 14.7. The molecule has 0 aromatic carbocycles. The quantitative estimate of drug-likeness (QED) is 0.139. The van der Waals surface area contributed by atoms with E-state index in [0.717, 1.165) is 51.9 Å². The van der Waals surface area contributed by atoms with E-state index >= 15 is 0 Å². The van der Waals surface area contributed by atoms with Gasteiger partial charge in [-0.2, -0.15) is 9.90 Å². The molecule has 0 fully saturated rings. The Balaban J connectivity index is -0.000000882. The van der Waals surface area contributed by atoms with Gasteiger partial charge < -0.3 is 9.80 Å². The van der Waals surface area contributed by atoms with E-state index in [9.17, 15) is 4.79 Å². The molecule has 0 saturated heterocycles. The molecule has 1 unspecified atom stereocenters. The predicted octanol–water partition coefficient (Wildman–Crippen LogP) is 6.78. The molecule has 0 aromatic heterocycles. The Hall–Kier alpha value is 0.752. The van der Waals surface area contributed by atoms with E-state index < -0.39 is 0 Å². The first-order valence-corrected chi connectivity index (χ1v) is 10.7. The molecular weight excluding hydrogens is 565 g/mol. The van der Waals surface area contributed by atoms with E-state index in [1.807, 2.05) is 0 Å². The minimum atomic E-state index is 0. The van der Waals surface area contributed by atoms with Gasteiger partial charge in [-0.05, 0) is 25.7 Å². The summed E-state index contributed by atoms with van der Waals surface area (Å²) in [4.78, 5) is 17.1. The first kappa shape index (κ1) is 31.4. The van der Waals surface area contributed by atoms with E-state index in [-0.39, 0.29) is 48.5 Å². The molecule has 158 valence electrons. The van der Waals surface area contributed by atoms with Crippen LogP contribution in [0.5, 0.6) is 0 Å². The van der Waals surface area contributed by atoms with Crippen LogP contribution in [0.15, 0.2) is 0 Å². The number of carbonyl (C=O) groups excluding carboxylic acids is 1. The molecule has 0 spiro atoms. The fraction of sp³-hybridized carbons (Fsp3) is 0.952. The number of unbranched alkanes of at least 4 members (excludes halogenated alkanes) is 8. The fourth-order valence-corrected chi connectivity index (χ4v) is 3.16. The van der Waals surface area contributed by atoms with Crippen molar-refractivity contribution < 1.29 is 37.3 Å². The Bertz CT molecular complexity index is 273. The van der Waals surface area contributed by atoms with Gasteiger partial charge in [0.05, 0.1) is 0 Å². The second kappa shape index (κ2) is 23.8. The minimum Gasteiger partial charge on any atom is -0.325 e. The molecule has 1 atom stereocenters. The van der Waals surface area contributed by atoms with Crippen molar-refractivity contribution in [1.29, 1.82) is 0 Å². The molecule has 0 bridgehead atoms. The van der Waals surface area contributed by atoms with Crippen molar-refractivity contribution >= 4 is 15.9 Å². The van der Waals surface area contributed by atoms with Crippen molar-refractivity contribution in [2.24, 2.45) is 0 Å². The van der Waals surface area contributed by atoms with Crippen molar-refractivity contribution in [3.8, 4) is 0 Å². The molecule has 5 heteroatoms. The number of rotatable bonds is 16. The van der Waals surface area contributed by atoms with Crippen LogP contribution < -0.4 is 0 Å². The van der Waals surface area contributed by atoms with Gasteiger partial charge in [0.1, 0.15) is 0 Å². The zero-order valence-electron chi connectivity index (χ0n) is 18.3. The third-order valence-corrected chi connectivity index (χ3v) is 4.59. The number of hydrogen-bond donors (Lipinski definition) is 0. The van der Waals surface area contributed by atoms with Crippen molar-refractivity contribution in [2.75, 3.05) is 26.2 Å². The van der Waals surface area contributed by atoms with Crippen LogP contribution in [-0.2, 0) is 0 Å². The molecule has 0 heterocycles. The Morgan fingerprint density at radius 2 is 0.923 bits per heavy atom. The maximum Gasteiger partial charge on any atom is 0.319 e. The summed E-state index contributed by atoms with van der Waals surface area (Å²) < 4.78 is 0. The van der Waals surface area contributed by atoms with Gasteiger partial charge >= 0.3 is 6.03 Å². The van der Waals surface area contributed by atoms with Gasteiger partial charge in [-0.1, -0.05) is 79.1 Å². The summed E-state index contributed by atoms with van der Waals surface area (Å²) in [6, 6.07) is 0.282. The Labute approximate surface area is 193 Å². The van der Waals surface area contributed by atoms with Gasteiger partial charge in [0.15, 0.2) is 0 Å². The molecule has 2 amide bonds. The van der Waals surface area contributed by atoms with Crippen LogP contribution in [0, 0.1) is 31.1 Å². The summed E-state index contributed by atoms with van der Waals surface area (Å²) in [7, 11) is 0. The van der Waals surface area contributed by atoms with Crippen molar-refractivity contribution in [1.82, 2.24) is 9.80 Å². The maximum absolute atomic E-state index is 12.9. The first-order valence-electron chi connectivity index (χ1n) is 10.7. The van der Waals surface area contributed by atoms with Crippen LogP contribution in [0.25, 0.3) is 0 Å². The van der Waals surface area contributed by atoms with Crippen molar-refractivity contribution in [3.63, 3.8) is 0 Å².